The first kappa shape index (κ1) is 26.4. The van der Waals surface area contributed by atoms with E-state index in [-0.39, 0.29) is 18.4 Å². The van der Waals surface area contributed by atoms with Crippen molar-refractivity contribution in [3.63, 3.8) is 0 Å². The van der Waals surface area contributed by atoms with Gasteiger partial charge in [-0.05, 0) is 34.1 Å². The average Bonchev–Trinajstić information content (AvgIpc) is 2.72. The van der Waals surface area contributed by atoms with Crippen molar-refractivity contribution in [3.8, 4) is 5.75 Å². The topological polar surface area (TPSA) is 84.9 Å². The summed E-state index contributed by atoms with van der Waals surface area (Å²) in [6.45, 7) is 12.8. The van der Waals surface area contributed by atoms with E-state index in [1.54, 1.807) is 0 Å². The molecule has 2 aromatic carbocycles. The second-order valence-corrected chi connectivity index (χ2v) is 10.6. The molecule has 1 unspecified atom stereocenters. The number of ether oxygens (including phenoxy) is 2. The summed E-state index contributed by atoms with van der Waals surface area (Å²) < 4.78 is 11.7. The molecule has 180 valence electrons. The predicted octanol–water partition coefficient (Wildman–Crippen LogP) is 4.85. The van der Waals surface area contributed by atoms with Gasteiger partial charge in [0.25, 0.3) is 0 Å². The van der Waals surface area contributed by atoms with Crippen LogP contribution in [0.3, 0.4) is 0 Å². The summed E-state index contributed by atoms with van der Waals surface area (Å²) in [5.41, 5.74) is 1.28. The van der Waals surface area contributed by atoms with Crippen LogP contribution in [0.4, 0.5) is 0 Å². The number of carbonyl (C=O) groups excluding carboxylic acids is 1. The van der Waals surface area contributed by atoms with E-state index in [9.17, 15) is 14.7 Å². The Morgan fingerprint density at radius 1 is 0.909 bits per heavy atom. The largest absolute Gasteiger partial charge is 0.493 e. The average molecular weight is 456 g/mol. The summed E-state index contributed by atoms with van der Waals surface area (Å²) in [6, 6.07) is 15.8. The molecule has 2 aromatic rings. The minimum Gasteiger partial charge on any atom is -0.493 e. The van der Waals surface area contributed by atoms with Crippen LogP contribution in [-0.4, -0.2) is 35.7 Å². The molecule has 0 aliphatic carbocycles. The zero-order chi connectivity index (χ0) is 24.6. The molecule has 0 heterocycles. The number of nitrogens with one attached hydrogen (secondary N) is 1. The Balaban J connectivity index is 2.03. The molecule has 6 nitrogen and oxygen atoms in total. The molecule has 2 rings (SSSR count). The van der Waals surface area contributed by atoms with Crippen LogP contribution in [0.25, 0.3) is 0 Å². The monoisotopic (exact) mass is 455 g/mol. The highest BCUT2D eigenvalue weighted by Gasteiger charge is 2.34. The highest BCUT2D eigenvalue weighted by Crippen LogP contribution is 2.24. The van der Waals surface area contributed by atoms with Crippen molar-refractivity contribution in [1.82, 2.24) is 5.32 Å². The van der Waals surface area contributed by atoms with Gasteiger partial charge in [-0.3, -0.25) is 4.79 Å². The molecule has 0 bridgehead atoms. The van der Waals surface area contributed by atoms with Crippen molar-refractivity contribution >= 4 is 11.9 Å². The van der Waals surface area contributed by atoms with E-state index in [1.807, 2.05) is 75.4 Å². The van der Waals surface area contributed by atoms with Crippen molar-refractivity contribution in [3.05, 3.63) is 65.7 Å². The molecule has 0 saturated carbocycles. The Morgan fingerprint density at radius 2 is 1.52 bits per heavy atom. The Bertz CT molecular complexity index is 895. The summed E-state index contributed by atoms with van der Waals surface area (Å²) in [5, 5.41) is 12.4. The summed E-state index contributed by atoms with van der Waals surface area (Å²) in [6.07, 6.45) is -0.636. The van der Waals surface area contributed by atoms with E-state index >= 15 is 0 Å². The molecule has 0 saturated heterocycles. The molecule has 0 radical (unpaired) electrons. The van der Waals surface area contributed by atoms with E-state index in [2.05, 4.69) is 26.1 Å². The first-order valence-corrected chi connectivity index (χ1v) is 11.3. The fourth-order valence-electron chi connectivity index (χ4n) is 3.18. The standard InChI is InChI=1S/C27H37NO5/c1-26(2,3)18-33-21-14-12-19(13-15-21)16-22(25(30)31)28-24(29)23(27(4,5)6)32-17-20-10-8-7-9-11-20/h7-15,22-23H,16-18H2,1-6H3,(H,28,29)(H,30,31)/t22?,23-/m1/s1. The second kappa shape index (κ2) is 11.3. The Morgan fingerprint density at radius 3 is 2.03 bits per heavy atom. The van der Waals surface area contributed by atoms with E-state index < -0.39 is 29.4 Å². The molecule has 2 N–H and O–H groups in total. The lowest BCUT2D eigenvalue weighted by molar-refractivity contribution is -0.148. The molecule has 6 heteroatoms. The fourth-order valence-corrected chi connectivity index (χ4v) is 3.18. The quantitative estimate of drug-likeness (QED) is 0.535. The molecule has 33 heavy (non-hydrogen) atoms. The fraction of sp³-hybridized carbons (Fsp3) is 0.481. The van der Waals surface area contributed by atoms with Crippen molar-refractivity contribution in [2.75, 3.05) is 6.61 Å². The molecule has 2 atom stereocenters. The van der Waals surface area contributed by atoms with Gasteiger partial charge in [0.2, 0.25) is 5.91 Å². The predicted molar refractivity (Wildman–Crippen MR) is 129 cm³/mol. The van der Waals surface area contributed by atoms with Gasteiger partial charge in [0.1, 0.15) is 17.9 Å². The van der Waals surface area contributed by atoms with Crippen LogP contribution in [0.15, 0.2) is 54.6 Å². The van der Waals surface area contributed by atoms with Gasteiger partial charge in [0.05, 0.1) is 13.2 Å². The summed E-state index contributed by atoms with van der Waals surface area (Å²) >= 11 is 0. The Labute approximate surface area is 197 Å². The third kappa shape index (κ3) is 9.26. The number of carboxylic acid groups (broad SMARTS) is 1. The molecule has 1 amide bonds. The van der Waals surface area contributed by atoms with E-state index in [4.69, 9.17) is 9.47 Å². The van der Waals surface area contributed by atoms with E-state index in [0.29, 0.717) is 6.61 Å². The molecule has 0 aromatic heterocycles. The van der Waals surface area contributed by atoms with Crippen molar-refractivity contribution in [2.45, 2.75) is 66.7 Å². The highest BCUT2D eigenvalue weighted by molar-refractivity contribution is 5.87. The Hall–Kier alpha value is -2.86. The zero-order valence-electron chi connectivity index (χ0n) is 20.6. The lowest BCUT2D eigenvalue weighted by Gasteiger charge is -2.30. The number of hydrogen-bond acceptors (Lipinski definition) is 4. The van der Waals surface area contributed by atoms with Crippen LogP contribution >= 0.6 is 0 Å². The highest BCUT2D eigenvalue weighted by atomic mass is 16.5. The molecule has 0 fully saturated rings. The summed E-state index contributed by atoms with van der Waals surface area (Å²) in [7, 11) is 0. The maximum atomic E-state index is 13.0. The number of amides is 1. The molecule has 0 aliphatic rings. The van der Waals surface area contributed by atoms with Crippen LogP contribution in [0, 0.1) is 10.8 Å². The van der Waals surface area contributed by atoms with Crippen LogP contribution in [0.5, 0.6) is 5.75 Å². The van der Waals surface area contributed by atoms with Gasteiger partial charge in [0.15, 0.2) is 0 Å². The second-order valence-electron chi connectivity index (χ2n) is 10.6. The van der Waals surface area contributed by atoms with Crippen LogP contribution in [0.1, 0.15) is 52.7 Å². The maximum Gasteiger partial charge on any atom is 0.326 e. The third-order valence-electron chi connectivity index (χ3n) is 4.93. The molecule has 0 spiro atoms. The molecular formula is C27H37NO5. The van der Waals surface area contributed by atoms with Gasteiger partial charge >= 0.3 is 5.97 Å². The van der Waals surface area contributed by atoms with Crippen molar-refractivity contribution in [2.24, 2.45) is 10.8 Å². The SMILES string of the molecule is CC(C)(C)COc1ccc(CC(NC(=O)[C@@H](OCc2ccccc2)C(C)(C)C)C(=O)O)cc1. The van der Waals surface area contributed by atoms with Crippen LogP contribution in [-0.2, 0) is 27.4 Å². The van der Waals surface area contributed by atoms with Gasteiger partial charge in [-0.15, -0.1) is 0 Å². The van der Waals surface area contributed by atoms with Crippen molar-refractivity contribution in [1.29, 1.82) is 0 Å². The van der Waals surface area contributed by atoms with Crippen LogP contribution in [0.2, 0.25) is 0 Å². The van der Waals surface area contributed by atoms with E-state index in [0.717, 1.165) is 16.9 Å². The lowest BCUT2D eigenvalue weighted by Crippen LogP contribution is -2.51. The Kier molecular flexibility index (Phi) is 9.06. The number of rotatable bonds is 10. The van der Waals surface area contributed by atoms with Gasteiger partial charge in [-0.2, -0.15) is 0 Å². The first-order chi connectivity index (χ1) is 15.3. The number of carbonyl (C=O) groups is 2. The zero-order valence-corrected chi connectivity index (χ0v) is 20.6. The normalized spacial score (nSPS) is 13.8. The van der Waals surface area contributed by atoms with Gasteiger partial charge in [-0.25, -0.2) is 4.79 Å². The minimum absolute atomic E-state index is 0.0452. The molecular weight excluding hydrogens is 418 g/mol. The summed E-state index contributed by atoms with van der Waals surface area (Å²) in [5.74, 6) is -0.796. The number of benzene rings is 2. The first-order valence-electron chi connectivity index (χ1n) is 11.3. The van der Waals surface area contributed by atoms with Crippen molar-refractivity contribution < 1.29 is 24.2 Å². The lowest BCUT2D eigenvalue weighted by atomic mass is 9.88. The van der Waals surface area contributed by atoms with Crippen LogP contribution < -0.4 is 10.1 Å². The van der Waals surface area contributed by atoms with Gasteiger partial charge in [0, 0.05) is 6.42 Å². The van der Waals surface area contributed by atoms with E-state index in [1.165, 1.54) is 0 Å². The van der Waals surface area contributed by atoms with Gasteiger partial charge < -0.3 is 19.9 Å². The smallest absolute Gasteiger partial charge is 0.326 e. The third-order valence-corrected chi connectivity index (χ3v) is 4.93. The number of aliphatic carboxylic acids is 1. The molecule has 0 aliphatic heterocycles. The maximum absolute atomic E-state index is 13.0. The minimum atomic E-state index is -1.09. The number of hydrogen-bond donors (Lipinski definition) is 2. The summed E-state index contributed by atoms with van der Waals surface area (Å²) in [4.78, 5) is 24.9. The number of carboxylic acids is 1. The van der Waals surface area contributed by atoms with Gasteiger partial charge in [-0.1, -0.05) is 84.0 Å².